The zero-order valence-electron chi connectivity index (χ0n) is 9.13. The lowest BCUT2D eigenvalue weighted by atomic mass is 9.90. The van der Waals surface area contributed by atoms with Crippen molar-refractivity contribution >= 4 is 0 Å². The van der Waals surface area contributed by atoms with E-state index in [1.54, 1.807) is 0 Å². The maximum absolute atomic E-state index is 8.67. The van der Waals surface area contributed by atoms with E-state index in [1.165, 1.54) is 42.4 Å². The van der Waals surface area contributed by atoms with E-state index in [2.05, 4.69) is 23.5 Å². The molecule has 1 aromatic rings. The summed E-state index contributed by atoms with van der Waals surface area (Å²) in [6.07, 6.45) is 5.17. The van der Waals surface area contributed by atoms with Crippen molar-refractivity contribution < 1.29 is 5.11 Å². The van der Waals surface area contributed by atoms with Gasteiger partial charge in [-0.1, -0.05) is 18.2 Å². The fourth-order valence-electron chi connectivity index (χ4n) is 2.21. The lowest BCUT2D eigenvalue weighted by Gasteiger charge is -2.16. The van der Waals surface area contributed by atoms with Crippen LogP contribution in [0.2, 0.25) is 0 Å². The average Bonchev–Trinajstić information content (AvgIpc) is 2.29. The first-order valence-electron chi connectivity index (χ1n) is 5.82. The van der Waals surface area contributed by atoms with Crippen molar-refractivity contribution in [3.05, 3.63) is 34.9 Å². The normalized spacial score (nSPS) is 15.0. The summed E-state index contributed by atoms with van der Waals surface area (Å²) in [5.74, 6) is 0. The van der Waals surface area contributed by atoms with Crippen LogP contribution in [0.3, 0.4) is 0 Å². The zero-order valence-corrected chi connectivity index (χ0v) is 9.13. The fourth-order valence-corrected chi connectivity index (χ4v) is 2.21. The molecule has 2 heteroatoms. The van der Waals surface area contributed by atoms with Gasteiger partial charge in [0, 0.05) is 13.1 Å². The molecule has 2 nitrogen and oxygen atoms in total. The molecule has 2 N–H and O–H groups in total. The molecule has 0 radical (unpaired) electrons. The van der Waals surface area contributed by atoms with Crippen molar-refractivity contribution in [2.24, 2.45) is 0 Å². The number of rotatable bonds is 4. The van der Waals surface area contributed by atoms with Crippen LogP contribution in [0, 0.1) is 0 Å². The smallest absolute Gasteiger partial charge is 0.0556 e. The molecular formula is C13H19NO. The molecule has 0 saturated carbocycles. The molecule has 82 valence electrons. The number of aliphatic hydroxyl groups excluding tert-OH is 1. The summed E-state index contributed by atoms with van der Waals surface area (Å²) < 4.78 is 0. The van der Waals surface area contributed by atoms with E-state index in [9.17, 15) is 0 Å². The molecule has 0 fully saturated rings. The van der Waals surface area contributed by atoms with E-state index in [4.69, 9.17) is 5.11 Å². The zero-order chi connectivity index (χ0) is 10.5. The highest BCUT2D eigenvalue weighted by molar-refractivity contribution is 5.33. The van der Waals surface area contributed by atoms with E-state index >= 15 is 0 Å². The molecule has 1 aromatic carbocycles. The lowest BCUT2D eigenvalue weighted by Crippen LogP contribution is -2.17. The Hall–Kier alpha value is -0.860. The fraction of sp³-hybridized carbons (Fsp3) is 0.538. The molecule has 0 amide bonds. The first kappa shape index (κ1) is 10.7. The standard InChI is InChI=1S/C13H19NO/c15-8-7-14-10-11-5-6-12-3-1-2-4-13(12)9-11/h5-6,9,14-15H,1-4,7-8,10H2. The Bertz CT molecular complexity index is 322. The van der Waals surface area contributed by atoms with Crippen molar-refractivity contribution in [3.8, 4) is 0 Å². The molecule has 0 aliphatic heterocycles. The van der Waals surface area contributed by atoms with E-state index in [0.29, 0.717) is 6.54 Å². The monoisotopic (exact) mass is 205 g/mol. The highest BCUT2D eigenvalue weighted by Gasteiger charge is 2.08. The Morgan fingerprint density at radius 1 is 1.13 bits per heavy atom. The Labute approximate surface area is 91.3 Å². The van der Waals surface area contributed by atoms with Gasteiger partial charge in [0.15, 0.2) is 0 Å². The minimum atomic E-state index is 0.213. The first-order chi connectivity index (χ1) is 7.40. The molecule has 0 bridgehead atoms. The predicted molar refractivity (Wildman–Crippen MR) is 61.9 cm³/mol. The van der Waals surface area contributed by atoms with Crippen LogP contribution >= 0.6 is 0 Å². The quantitative estimate of drug-likeness (QED) is 0.733. The van der Waals surface area contributed by atoms with Gasteiger partial charge in [0.1, 0.15) is 0 Å². The number of aliphatic hydroxyl groups is 1. The third kappa shape index (κ3) is 2.80. The topological polar surface area (TPSA) is 32.3 Å². The Morgan fingerprint density at radius 2 is 1.93 bits per heavy atom. The third-order valence-corrected chi connectivity index (χ3v) is 3.03. The molecular weight excluding hydrogens is 186 g/mol. The summed E-state index contributed by atoms with van der Waals surface area (Å²) in [5, 5.41) is 11.9. The van der Waals surface area contributed by atoms with Gasteiger partial charge in [-0.25, -0.2) is 0 Å². The van der Waals surface area contributed by atoms with E-state index in [1.807, 2.05) is 0 Å². The minimum absolute atomic E-state index is 0.213. The molecule has 0 saturated heterocycles. The molecule has 1 aliphatic rings. The van der Waals surface area contributed by atoms with Gasteiger partial charge < -0.3 is 10.4 Å². The van der Waals surface area contributed by atoms with Crippen LogP contribution in [0.4, 0.5) is 0 Å². The summed E-state index contributed by atoms with van der Waals surface area (Å²) in [6.45, 7) is 1.76. The van der Waals surface area contributed by atoms with Crippen LogP contribution in [-0.2, 0) is 19.4 Å². The van der Waals surface area contributed by atoms with Crippen molar-refractivity contribution in [2.75, 3.05) is 13.2 Å². The van der Waals surface area contributed by atoms with Gasteiger partial charge in [0.05, 0.1) is 6.61 Å². The predicted octanol–water partition coefficient (Wildman–Crippen LogP) is 1.65. The third-order valence-electron chi connectivity index (χ3n) is 3.03. The number of fused-ring (bicyclic) bond motifs is 1. The summed E-state index contributed by atoms with van der Waals surface area (Å²) in [7, 11) is 0. The Kier molecular flexibility index (Phi) is 3.75. The van der Waals surface area contributed by atoms with Crippen molar-refractivity contribution in [3.63, 3.8) is 0 Å². The van der Waals surface area contributed by atoms with Gasteiger partial charge in [-0.3, -0.25) is 0 Å². The number of hydrogen-bond donors (Lipinski definition) is 2. The number of hydrogen-bond acceptors (Lipinski definition) is 2. The van der Waals surface area contributed by atoms with Crippen LogP contribution in [-0.4, -0.2) is 18.3 Å². The maximum atomic E-state index is 8.67. The van der Waals surface area contributed by atoms with Gasteiger partial charge in [-0.05, 0) is 42.4 Å². The molecule has 2 rings (SSSR count). The minimum Gasteiger partial charge on any atom is -0.395 e. The van der Waals surface area contributed by atoms with Crippen LogP contribution in [0.5, 0.6) is 0 Å². The van der Waals surface area contributed by atoms with Crippen molar-refractivity contribution in [1.29, 1.82) is 0 Å². The second-order valence-electron chi connectivity index (χ2n) is 4.21. The second-order valence-corrected chi connectivity index (χ2v) is 4.21. The van der Waals surface area contributed by atoms with Crippen LogP contribution in [0.1, 0.15) is 29.5 Å². The summed E-state index contributed by atoms with van der Waals surface area (Å²) in [5.41, 5.74) is 4.40. The molecule has 0 spiro atoms. The largest absolute Gasteiger partial charge is 0.395 e. The van der Waals surface area contributed by atoms with Gasteiger partial charge >= 0.3 is 0 Å². The SMILES string of the molecule is OCCNCc1ccc2c(c1)CCCC2. The van der Waals surface area contributed by atoms with Crippen LogP contribution in [0.25, 0.3) is 0 Å². The lowest BCUT2D eigenvalue weighted by molar-refractivity contribution is 0.292. The van der Waals surface area contributed by atoms with Crippen molar-refractivity contribution in [2.45, 2.75) is 32.2 Å². The summed E-state index contributed by atoms with van der Waals surface area (Å²) >= 11 is 0. The van der Waals surface area contributed by atoms with Gasteiger partial charge in [0.2, 0.25) is 0 Å². The molecule has 15 heavy (non-hydrogen) atoms. The van der Waals surface area contributed by atoms with E-state index < -0.39 is 0 Å². The van der Waals surface area contributed by atoms with Crippen LogP contribution < -0.4 is 5.32 Å². The van der Waals surface area contributed by atoms with Crippen LogP contribution in [0.15, 0.2) is 18.2 Å². The molecule has 0 unspecified atom stereocenters. The number of aryl methyl sites for hydroxylation is 2. The highest BCUT2D eigenvalue weighted by Crippen LogP contribution is 2.22. The number of nitrogens with one attached hydrogen (secondary N) is 1. The Morgan fingerprint density at radius 3 is 2.73 bits per heavy atom. The number of benzene rings is 1. The van der Waals surface area contributed by atoms with E-state index in [-0.39, 0.29) is 6.61 Å². The maximum Gasteiger partial charge on any atom is 0.0556 e. The average molecular weight is 205 g/mol. The highest BCUT2D eigenvalue weighted by atomic mass is 16.3. The first-order valence-corrected chi connectivity index (χ1v) is 5.82. The van der Waals surface area contributed by atoms with E-state index in [0.717, 1.165) is 6.54 Å². The summed E-state index contributed by atoms with van der Waals surface area (Å²) in [6, 6.07) is 6.79. The molecule has 1 aliphatic carbocycles. The van der Waals surface area contributed by atoms with Crippen molar-refractivity contribution in [1.82, 2.24) is 5.32 Å². The van der Waals surface area contributed by atoms with Gasteiger partial charge in [0.25, 0.3) is 0 Å². The Balaban J connectivity index is 2.00. The molecule has 0 heterocycles. The van der Waals surface area contributed by atoms with Gasteiger partial charge in [-0.15, -0.1) is 0 Å². The van der Waals surface area contributed by atoms with Gasteiger partial charge in [-0.2, -0.15) is 0 Å². The molecule has 0 atom stereocenters. The summed E-state index contributed by atoms with van der Waals surface area (Å²) in [4.78, 5) is 0. The second kappa shape index (κ2) is 5.29. The molecule has 0 aromatic heterocycles.